The fourth-order valence-electron chi connectivity index (χ4n) is 0.786. The highest BCUT2D eigenvalue weighted by Gasteiger charge is 1.99. The molecule has 0 unspecified atom stereocenters. The van der Waals surface area contributed by atoms with Crippen molar-refractivity contribution in [1.82, 2.24) is 0 Å². The highest BCUT2D eigenvalue weighted by atomic mass is 32.2. The Labute approximate surface area is 83.9 Å². The van der Waals surface area contributed by atoms with Crippen LogP contribution in [0.4, 0.5) is 0 Å². The lowest BCUT2D eigenvalue weighted by atomic mass is 10.3. The van der Waals surface area contributed by atoms with Crippen molar-refractivity contribution in [2.45, 2.75) is 6.92 Å². The Balaban J connectivity index is 2.58. The van der Waals surface area contributed by atoms with E-state index in [-0.39, 0.29) is 5.75 Å². The molecule has 0 heterocycles. The Morgan fingerprint density at radius 2 is 1.93 bits per heavy atom. The summed E-state index contributed by atoms with van der Waals surface area (Å²) in [6.45, 7) is 1.59. The van der Waals surface area contributed by atoms with Crippen molar-refractivity contribution >= 4 is 9.84 Å². The topological polar surface area (TPSA) is 43.4 Å². The van der Waals surface area contributed by atoms with Gasteiger partial charge in [-0.2, -0.15) is 0 Å². The summed E-state index contributed by atoms with van der Waals surface area (Å²) in [7, 11) is -3.10. The lowest BCUT2D eigenvalue weighted by Gasteiger charge is -1.97. The highest BCUT2D eigenvalue weighted by molar-refractivity contribution is 7.94. The van der Waals surface area contributed by atoms with Gasteiger partial charge >= 0.3 is 0 Å². The Kier molecular flexibility index (Phi) is 3.71. The summed E-state index contributed by atoms with van der Waals surface area (Å²) in [6, 6.07) is 9.00. The standard InChI is InChI=1S/C10H12O3S/c1-2-14(11,12)9-8-13-10-6-4-3-5-7-10/h3-9H,2H2,1H3. The van der Waals surface area contributed by atoms with Gasteiger partial charge in [-0.15, -0.1) is 0 Å². The number of benzene rings is 1. The molecule has 0 spiro atoms. The average Bonchev–Trinajstić information content (AvgIpc) is 2.19. The number of hydrogen-bond acceptors (Lipinski definition) is 3. The van der Waals surface area contributed by atoms with E-state index in [0.717, 1.165) is 5.41 Å². The molecular formula is C10H12O3S. The Hall–Kier alpha value is -1.29. The van der Waals surface area contributed by atoms with Crippen molar-refractivity contribution in [3.8, 4) is 5.75 Å². The summed E-state index contributed by atoms with van der Waals surface area (Å²) < 4.78 is 27.1. The van der Waals surface area contributed by atoms with Gasteiger partial charge in [-0.05, 0) is 12.1 Å². The van der Waals surface area contributed by atoms with Gasteiger partial charge in [-0.3, -0.25) is 0 Å². The minimum absolute atomic E-state index is 0.0850. The van der Waals surface area contributed by atoms with E-state index in [9.17, 15) is 8.42 Å². The molecule has 0 N–H and O–H groups in total. The van der Waals surface area contributed by atoms with Crippen molar-refractivity contribution in [1.29, 1.82) is 0 Å². The lowest BCUT2D eigenvalue weighted by Crippen LogP contribution is -1.97. The zero-order chi connectivity index (χ0) is 10.4. The van der Waals surface area contributed by atoms with Gasteiger partial charge in [0.1, 0.15) is 12.0 Å². The second-order valence-electron chi connectivity index (χ2n) is 2.65. The third-order valence-corrected chi connectivity index (χ3v) is 2.94. The predicted octanol–water partition coefficient (Wildman–Crippen LogP) is 1.97. The van der Waals surface area contributed by atoms with Crippen molar-refractivity contribution in [3.05, 3.63) is 42.0 Å². The van der Waals surface area contributed by atoms with Gasteiger partial charge in [0, 0.05) is 0 Å². The van der Waals surface area contributed by atoms with Crippen LogP contribution in [-0.4, -0.2) is 14.2 Å². The van der Waals surface area contributed by atoms with E-state index in [1.54, 1.807) is 19.1 Å². The van der Waals surface area contributed by atoms with Crippen LogP contribution in [0.5, 0.6) is 5.75 Å². The first-order chi connectivity index (χ1) is 6.64. The normalized spacial score (nSPS) is 11.8. The number of para-hydroxylation sites is 1. The van der Waals surface area contributed by atoms with Crippen LogP contribution in [0.25, 0.3) is 0 Å². The van der Waals surface area contributed by atoms with Crippen LogP contribution in [0.2, 0.25) is 0 Å². The Morgan fingerprint density at radius 3 is 2.50 bits per heavy atom. The third kappa shape index (κ3) is 3.62. The molecular weight excluding hydrogens is 200 g/mol. The monoisotopic (exact) mass is 212 g/mol. The Morgan fingerprint density at radius 1 is 1.29 bits per heavy atom. The molecule has 1 aromatic rings. The number of hydrogen-bond donors (Lipinski definition) is 0. The maximum atomic E-state index is 11.0. The maximum Gasteiger partial charge on any atom is 0.174 e. The molecule has 14 heavy (non-hydrogen) atoms. The largest absolute Gasteiger partial charge is 0.464 e. The molecule has 0 radical (unpaired) electrons. The van der Waals surface area contributed by atoms with Crippen LogP contribution in [0.1, 0.15) is 6.92 Å². The number of rotatable bonds is 4. The van der Waals surface area contributed by atoms with Crippen LogP contribution in [0.15, 0.2) is 42.0 Å². The molecule has 0 saturated heterocycles. The third-order valence-electron chi connectivity index (χ3n) is 1.61. The first-order valence-electron chi connectivity index (χ1n) is 4.25. The lowest BCUT2D eigenvalue weighted by molar-refractivity contribution is 0.481. The summed E-state index contributed by atoms with van der Waals surface area (Å²) in [4.78, 5) is 0. The summed E-state index contributed by atoms with van der Waals surface area (Å²) in [5, 5.41) is 1.07. The van der Waals surface area contributed by atoms with Crippen LogP contribution in [0, 0.1) is 0 Å². The van der Waals surface area contributed by atoms with Gasteiger partial charge in [-0.25, -0.2) is 8.42 Å². The van der Waals surface area contributed by atoms with Crippen LogP contribution in [0.3, 0.4) is 0 Å². The van der Waals surface area contributed by atoms with Crippen molar-refractivity contribution in [2.75, 3.05) is 5.75 Å². The van der Waals surface area contributed by atoms with E-state index >= 15 is 0 Å². The summed E-state index contributed by atoms with van der Waals surface area (Å²) in [5.41, 5.74) is 0. The molecule has 3 nitrogen and oxygen atoms in total. The molecule has 0 bridgehead atoms. The fourth-order valence-corrected chi connectivity index (χ4v) is 1.20. The van der Waals surface area contributed by atoms with Crippen LogP contribution >= 0.6 is 0 Å². The highest BCUT2D eigenvalue weighted by Crippen LogP contribution is 2.08. The molecule has 0 aliphatic carbocycles. The van der Waals surface area contributed by atoms with Gasteiger partial charge in [0.15, 0.2) is 9.84 Å². The summed E-state index contributed by atoms with van der Waals surface area (Å²) >= 11 is 0. The molecule has 1 rings (SSSR count). The summed E-state index contributed by atoms with van der Waals surface area (Å²) in [5.74, 6) is 0.705. The molecule has 0 amide bonds. The summed E-state index contributed by atoms with van der Waals surface area (Å²) in [6.07, 6.45) is 1.19. The van der Waals surface area contributed by atoms with Gasteiger partial charge in [0.2, 0.25) is 0 Å². The second-order valence-corrected chi connectivity index (χ2v) is 4.83. The van der Waals surface area contributed by atoms with Gasteiger partial charge in [0.25, 0.3) is 0 Å². The van der Waals surface area contributed by atoms with E-state index in [0.29, 0.717) is 5.75 Å². The molecule has 0 saturated carbocycles. The molecule has 0 aliphatic heterocycles. The Bertz CT molecular complexity index is 393. The molecule has 1 aromatic carbocycles. The zero-order valence-corrected chi connectivity index (χ0v) is 8.70. The number of ether oxygens (including phenoxy) is 1. The fraction of sp³-hybridized carbons (Fsp3) is 0.200. The van der Waals surface area contributed by atoms with Crippen molar-refractivity contribution < 1.29 is 13.2 Å². The minimum atomic E-state index is -3.10. The first-order valence-corrected chi connectivity index (χ1v) is 5.96. The van der Waals surface area contributed by atoms with Crippen LogP contribution in [-0.2, 0) is 9.84 Å². The minimum Gasteiger partial charge on any atom is -0.464 e. The second kappa shape index (κ2) is 4.81. The molecule has 0 aliphatic rings. The maximum absolute atomic E-state index is 11.0. The first kappa shape index (κ1) is 10.8. The smallest absolute Gasteiger partial charge is 0.174 e. The van der Waals surface area contributed by atoms with E-state index in [1.807, 2.05) is 18.2 Å². The molecule has 0 atom stereocenters. The molecule has 0 aromatic heterocycles. The molecule has 4 heteroatoms. The average molecular weight is 212 g/mol. The van der Waals surface area contributed by atoms with Gasteiger partial charge < -0.3 is 4.74 Å². The quantitative estimate of drug-likeness (QED) is 0.717. The predicted molar refractivity (Wildman–Crippen MR) is 55.7 cm³/mol. The zero-order valence-electron chi connectivity index (χ0n) is 7.88. The van der Waals surface area contributed by atoms with E-state index < -0.39 is 9.84 Å². The van der Waals surface area contributed by atoms with Gasteiger partial charge in [-0.1, -0.05) is 25.1 Å². The van der Waals surface area contributed by atoms with E-state index in [1.165, 1.54) is 6.26 Å². The van der Waals surface area contributed by atoms with E-state index in [2.05, 4.69) is 0 Å². The van der Waals surface area contributed by atoms with Crippen LogP contribution < -0.4 is 4.74 Å². The van der Waals surface area contributed by atoms with E-state index in [4.69, 9.17) is 4.74 Å². The number of sulfone groups is 1. The molecule has 0 fully saturated rings. The van der Waals surface area contributed by atoms with Crippen molar-refractivity contribution in [3.63, 3.8) is 0 Å². The van der Waals surface area contributed by atoms with Crippen molar-refractivity contribution in [2.24, 2.45) is 0 Å². The molecule has 76 valence electrons. The van der Waals surface area contributed by atoms with Gasteiger partial charge in [0.05, 0.1) is 11.2 Å². The SMILES string of the molecule is CCS(=O)(=O)C=COc1ccccc1.